The molecule has 0 amide bonds. The first-order valence-electron chi connectivity index (χ1n) is 8.19. The van der Waals surface area contributed by atoms with E-state index in [9.17, 15) is 0 Å². The number of para-hydroxylation sites is 1. The molecule has 1 heterocycles. The van der Waals surface area contributed by atoms with E-state index in [1.54, 1.807) is 7.11 Å². The van der Waals surface area contributed by atoms with Gasteiger partial charge in [0.1, 0.15) is 5.82 Å². The van der Waals surface area contributed by atoms with Crippen LogP contribution in [0.3, 0.4) is 0 Å². The molecule has 122 valence electrons. The lowest BCUT2D eigenvalue weighted by molar-refractivity contribution is 0.203. The number of nitrogen functional groups attached to an aromatic ring is 1. The molecule has 2 aromatic rings. The van der Waals surface area contributed by atoms with E-state index in [1.165, 1.54) is 6.42 Å². The van der Waals surface area contributed by atoms with Gasteiger partial charge < -0.3 is 15.4 Å². The second kappa shape index (κ2) is 7.42. The summed E-state index contributed by atoms with van der Waals surface area (Å²) in [5.74, 6) is 1.87. The lowest BCUT2D eigenvalue weighted by Crippen LogP contribution is -2.34. The van der Waals surface area contributed by atoms with Crippen LogP contribution in [0.4, 0.5) is 11.8 Å². The Kier molecular flexibility index (Phi) is 5.08. The van der Waals surface area contributed by atoms with Gasteiger partial charge in [-0.05, 0) is 37.3 Å². The zero-order chi connectivity index (χ0) is 16.1. The number of fused-ring (bicyclic) bond motifs is 1. The van der Waals surface area contributed by atoms with Crippen molar-refractivity contribution in [1.82, 2.24) is 9.97 Å². The van der Waals surface area contributed by atoms with Crippen molar-refractivity contribution < 1.29 is 4.74 Å². The zero-order valence-electron chi connectivity index (χ0n) is 13.6. The van der Waals surface area contributed by atoms with E-state index in [4.69, 9.17) is 15.5 Å². The first-order valence-corrected chi connectivity index (χ1v) is 8.19. The Morgan fingerprint density at radius 2 is 2.13 bits per heavy atom. The summed E-state index contributed by atoms with van der Waals surface area (Å²) in [5.41, 5.74) is 7.03. The maximum Gasteiger partial charge on any atom is 0.227 e. The second-order valence-corrected chi connectivity index (χ2v) is 6.02. The lowest BCUT2D eigenvalue weighted by atomic mass is 9.94. The molecule has 2 N–H and O–H groups in total. The van der Waals surface area contributed by atoms with Crippen LogP contribution >= 0.6 is 0 Å². The Hall–Kier alpha value is -2.14. The minimum absolute atomic E-state index is 0.538. The van der Waals surface area contributed by atoms with Crippen LogP contribution in [0, 0.1) is 5.92 Å². The van der Waals surface area contributed by atoms with Crippen molar-refractivity contribution in [2.45, 2.75) is 19.3 Å². The summed E-state index contributed by atoms with van der Waals surface area (Å²) in [6.45, 7) is 2.36. The van der Waals surface area contributed by atoms with Gasteiger partial charge in [-0.1, -0.05) is 24.3 Å². The van der Waals surface area contributed by atoms with Gasteiger partial charge in [0, 0.05) is 25.6 Å². The van der Waals surface area contributed by atoms with E-state index in [0.29, 0.717) is 24.3 Å². The second-order valence-electron chi connectivity index (χ2n) is 6.02. The molecule has 23 heavy (non-hydrogen) atoms. The van der Waals surface area contributed by atoms with Crippen LogP contribution in [0.2, 0.25) is 0 Å². The Labute approximate surface area is 137 Å². The van der Waals surface area contributed by atoms with Crippen molar-refractivity contribution in [3.05, 3.63) is 36.4 Å². The molecule has 1 aliphatic rings. The van der Waals surface area contributed by atoms with E-state index < -0.39 is 0 Å². The van der Waals surface area contributed by atoms with E-state index in [1.807, 2.05) is 24.3 Å². The fourth-order valence-electron chi connectivity index (χ4n) is 3.04. The Balaban J connectivity index is 1.87. The fraction of sp³-hybridized carbons (Fsp3) is 0.444. The third-order valence-electron chi connectivity index (χ3n) is 4.33. The molecule has 0 bridgehead atoms. The van der Waals surface area contributed by atoms with Crippen LogP contribution in [0.1, 0.15) is 19.3 Å². The van der Waals surface area contributed by atoms with Crippen LogP contribution in [-0.4, -0.2) is 36.8 Å². The van der Waals surface area contributed by atoms with Crippen molar-refractivity contribution in [3.63, 3.8) is 0 Å². The average Bonchev–Trinajstić information content (AvgIpc) is 2.59. The zero-order valence-corrected chi connectivity index (χ0v) is 13.6. The third-order valence-corrected chi connectivity index (χ3v) is 4.33. The van der Waals surface area contributed by atoms with Crippen LogP contribution in [-0.2, 0) is 4.74 Å². The van der Waals surface area contributed by atoms with Crippen molar-refractivity contribution in [2.75, 3.05) is 37.4 Å². The molecular weight excluding hydrogens is 288 g/mol. The van der Waals surface area contributed by atoms with Gasteiger partial charge in [-0.2, -0.15) is 4.98 Å². The first-order chi connectivity index (χ1) is 11.3. The number of nitrogens with two attached hydrogens (primary N) is 1. The molecule has 1 aliphatic carbocycles. The Bertz CT molecular complexity index is 686. The molecule has 1 unspecified atom stereocenters. The molecule has 0 radical (unpaired) electrons. The van der Waals surface area contributed by atoms with Crippen molar-refractivity contribution in [1.29, 1.82) is 0 Å². The van der Waals surface area contributed by atoms with Gasteiger partial charge in [-0.25, -0.2) is 4.98 Å². The van der Waals surface area contributed by atoms with Crippen molar-refractivity contribution in [2.24, 2.45) is 5.92 Å². The van der Waals surface area contributed by atoms with Gasteiger partial charge in [0.2, 0.25) is 5.95 Å². The molecule has 1 aromatic heterocycles. The smallest absolute Gasteiger partial charge is 0.227 e. The van der Waals surface area contributed by atoms with Crippen LogP contribution < -0.4 is 10.6 Å². The Morgan fingerprint density at radius 3 is 2.91 bits per heavy atom. The normalized spacial score (nSPS) is 17.5. The molecule has 0 spiro atoms. The highest BCUT2D eigenvalue weighted by Gasteiger charge is 2.18. The van der Waals surface area contributed by atoms with Gasteiger partial charge in [0.05, 0.1) is 12.1 Å². The minimum atomic E-state index is 0.538. The summed E-state index contributed by atoms with van der Waals surface area (Å²) in [4.78, 5) is 11.5. The van der Waals surface area contributed by atoms with E-state index in [0.717, 1.165) is 36.8 Å². The highest BCUT2D eigenvalue weighted by molar-refractivity contribution is 5.88. The fourth-order valence-corrected chi connectivity index (χ4v) is 3.04. The number of rotatable bonds is 6. The molecule has 0 fully saturated rings. The van der Waals surface area contributed by atoms with E-state index in [-0.39, 0.29) is 0 Å². The van der Waals surface area contributed by atoms with Gasteiger partial charge in [-0.3, -0.25) is 0 Å². The van der Waals surface area contributed by atoms with Gasteiger partial charge in [0.25, 0.3) is 0 Å². The predicted octanol–water partition coefficient (Wildman–Crippen LogP) is 3.02. The number of hydrogen-bond donors (Lipinski definition) is 1. The molecule has 1 atom stereocenters. The van der Waals surface area contributed by atoms with Crippen LogP contribution in [0.5, 0.6) is 0 Å². The molecule has 1 aromatic carbocycles. The van der Waals surface area contributed by atoms with Gasteiger partial charge in [-0.15, -0.1) is 0 Å². The maximum atomic E-state index is 6.14. The number of allylic oxidation sites excluding steroid dienone is 2. The standard InChI is InChI=1S/C18H24N4O/c1-23-12-11-22(13-14-7-3-2-4-8-14)18-20-16-10-6-5-9-15(16)17(19)21-18/h2-3,5-6,9-10,14H,4,7-8,11-13H2,1H3,(H2,19,20,21). The molecule has 0 saturated carbocycles. The molecule has 3 rings (SSSR count). The highest BCUT2D eigenvalue weighted by atomic mass is 16.5. The van der Waals surface area contributed by atoms with E-state index >= 15 is 0 Å². The first kappa shape index (κ1) is 15.7. The van der Waals surface area contributed by atoms with Gasteiger partial charge >= 0.3 is 0 Å². The largest absolute Gasteiger partial charge is 0.383 e. The SMILES string of the molecule is COCCN(CC1CC=CCC1)c1nc(N)c2ccccc2n1. The average molecular weight is 312 g/mol. The Morgan fingerprint density at radius 1 is 1.26 bits per heavy atom. The highest BCUT2D eigenvalue weighted by Crippen LogP contribution is 2.24. The summed E-state index contributed by atoms with van der Waals surface area (Å²) in [7, 11) is 1.72. The summed E-state index contributed by atoms with van der Waals surface area (Å²) in [5, 5.41) is 0.906. The van der Waals surface area contributed by atoms with Crippen molar-refractivity contribution >= 4 is 22.7 Å². The summed E-state index contributed by atoms with van der Waals surface area (Å²) >= 11 is 0. The molecule has 0 saturated heterocycles. The molecular formula is C18H24N4O. The van der Waals surface area contributed by atoms with Gasteiger partial charge in [0.15, 0.2) is 0 Å². The maximum absolute atomic E-state index is 6.14. The number of methoxy groups -OCH3 is 1. The van der Waals surface area contributed by atoms with E-state index in [2.05, 4.69) is 22.0 Å². The number of aromatic nitrogens is 2. The molecule has 5 nitrogen and oxygen atoms in total. The van der Waals surface area contributed by atoms with Crippen LogP contribution in [0.25, 0.3) is 10.9 Å². The summed E-state index contributed by atoms with van der Waals surface area (Å²) < 4.78 is 5.26. The third kappa shape index (κ3) is 3.79. The number of nitrogens with zero attached hydrogens (tertiary/aromatic N) is 3. The summed E-state index contributed by atoms with van der Waals surface area (Å²) in [6.07, 6.45) is 8.03. The summed E-state index contributed by atoms with van der Waals surface area (Å²) in [6, 6.07) is 7.87. The number of ether oxygens (including phenoxy) is 1. The number of benzene rings is 1. The molecule has 0 aliphatic heterocycles. The van der Waals surface area contributed by atoms with Crippen molar-refractivity contribution in [3.8, 4) is 0 Å². The quantitative estimate of drug-likeness (QED) is 0.831. The monoisotopic (exact) mass is 312 g/mol. The van der Waals surface area contributed by atoms with Crippen LogP contribution in [0.15, 0.2) is 36.4 Å². The lowest BCUT2D eigenvalue weighted by Gasteiger charge is -2.28. The number of hydrogen-bond acceptors (Lipinski definition) is 5. The topological polar surface area (TPSA) is 64.3 Å². The minimum Gasteiger partial charge on any atom is -0.383 e. The number of anilines is 2. The molecule has 5 heteroatoms. The predicted molar refractivity (Wildman–Crippen MR) is 94.5 cm³/mol.